The topological polar surface area (TPSA) is 75.2 Å². The van der Waals surface area contributed by atoms with Crippen LogP contribution in [0, 0.1) is 0 Å². The zero-order valence-electron chi connectivity index (χ0n) is 19.1. The van der Waals surface area contributed by atoms with Crippen molar-refractivity contribution in [2.24, 2.45) is 4.99 Å². The van der Waals surface area contributed by atoms with Crippen molar-refractivity contribution in [2.75, 3.05) is 39.4 Å². The van der Waals surface area contributed by atoms with Crippen LogP contribution >= 0.6 is 0 Å². The van der Waals surface area contributed by atoms with Crippen LogP contribution in [0.15, 0.2) is 29.3 Å². The Hall–Kier alpha value is -2.12. The molecule has 0 aliphatic carbocycles. The van der Waals surface area contributed by atoms with Gasteiger partial charge in [-0.2, -0.15) is 0 Å². The molecule has 0 saturated carbocycles. The van der Waals surface area contributed by atoms with Crippen molar-refractivity contribution in [1.82, 2.24) is 15.5 Å². The minimum Gasteiger partial charge on any atom is -0.376 e. The third-order valence-corrected chi connectivity index (χ3v) is 5.81. The fraction of sp³-hybridized carbons (Fsp3) is 0.667. The van der Waals surface area contributed by atoms with Crippen LogP contribution < -0.4 is 10.6 Å². The number of piperidine rings is 1. The Bertz CT molecular complexity index is 711. The Morgan fingerprint density at radius 1 is 1.16 bits per heavy atom. The first-order valence-electron chi connectivity index (χ1n) is 11.8. The minimum atomic E-state index is -0.0408. The van der Waals surface area contributed by atoms with E-state index in [1.165, 1.54) is 12.8 Å². The molecule has 2 aliphatic heterocycles. The van der Waals surface area contributed by atoms with E-state index in [0.29, 0.717) is 24.8 Å². The second-order valence-corrected chi connectivity index (χ2v) is 8.24. The summed E-state index contributed by atoms with van der Waals surface area (Å²) in [6.45, 7) is 9.47. The first-order valence-corrected chi connectivity index (χ1v) is 11.8. The van der Waals surface area contributed by atoms with Gasteiger partial charge in [-0.1, -0.05) is 12.1 Å². The number of benzene rings is 1. The van der Waals surface area contributed by atoms with Gasteiger partial charge in [-0.3, -0.25) is 4.79 Å². The normalized spacial score (nSPS) is 20.5. The first-order chi connectivity index (χ1) is 15.2. The zero-order chi connectivity index (χ0) is 21.9. The summed E-state index contributed by atoms with van der Waals surface area (Å²) in [5.41, 5.74) is 1.71. The van der Waals surface area contributed by atoms with Gasteiger partial charge in [0, 0.05) is 38.3 Å². The number of guanidine groups is 1. The molecule has 2 N–H and O–H groups in total. The Labute approximate surface area is 186 Å². The molecule has 7 heteroatoms. The third kappa shape index (κ3) is 7.51. The first kappa shape index (κ1) is 23.5. The Morgan fingerprint density at radius 3 is 2.68 bits per heavy atom. The largest absolute Gasteiger partial charge is 0.376 e. The number of amides is 1. The van der Waals surface area contributed by atoms with Crippen molar-refractivity contribution < 1.29 is 14.3 Å². The van der Waals surface area contributed by atoms with E-state index in [1.54, 1.807) is 0 Å². The molecule has 2 aliphatic rings. The highest BCUT2D eigenvalue weighted by Crippen LogP contribution is 2.18. The van der Waals surface area contributed by atoms with E-state index < -0.39 is 0 Å². The van der Waals surface area contributed by atoms with E-state index in [9.17, 15) is 4.79 Å². The maximum atomic E-state index is 12.1. The molecule has 2 fully saturated rings. The van der Waals surface area contributed by atoms with Crippen LogP contribution in [0.5, 0.6) is 0 Å². The van der Waals surface area contributed by atoms with Gasteiger partial charge in [0.1, 0.15) is 0 Å². The lowest BCUT2D eigenvalue weighted by Crippen LogP contribution is -2.47. The average Bonchev–Trinajstić information content (AvgIpc) is 2.82. The van der Waals surface area contributed by atoms with Crippen LogP contribution in [0.3, 0.4) is 0 Å². The summed E-state index contributed by atoms with van der Waals surface area (Å²) in [5.74, 6) is 0.890. The smallest absolute Gasteiger partial charge is 0.251 e. The Balaban J connectivity index is 1.50. The van der Waals surface area contributed by atoms with Crippen LogP contribution in [0.2, 0.25) is 0 Å². The van der Waals surface area contributed by atoms with E-state index in [0.717, 1.165) is 63.6 Å². The highest BCUT2D eigenvalue weighted by Gasteiger charge is 2.23. The molecule has 2 heterocycles. The summed E-state index contributed by atoms with van der Waals surface area (Å²) in [6, 6.07) is 7.70. The molecule has 172 valence electrons. The molecule has 1 aromatic carbocycles. The molecule has 1 atom stereocenters. The van der Waals surface area contributed by atoms with Crippen molar-refractivity contribution in [3.63, 3.8) is 0 Å². The maximum absolute atomic E-state index is 12.1. The van der Waals surface area contributed by atoms with E-state index >= 15 is 0 Å². The maximum Gasteiger partial charge on any atom is 0.251 e. The van der Waals surface area contributed by atoms with Crippen LogP contribution in [0.1, 0.15) is 61.9 Å². The molecule has 0 aromatic heterocycles. The van der Waals surface area contributed by atoms with E-state index in [1.807, 2.05) is 31.2 Å². The van der Waals surface area contributed by atoms with Gasteiger partial charge in [0.15, 0.2) is 5.96 Å². The molecule has 1 aromatic rings. The standard InChI is InChI=1S/C24H38N4O3/c1-3-25-23(29)20-9-7-8-19(16-20)17-27-24(26-4-2)28-13-11-21(12-14-28)31-18-22-10-5-6-15-30-22/h7-9,16,21-22H,3-6,10-15,17-18H2,1-2H3,(H,25,29)(H,26,27). The predicted molar refractivity (Wildman–Crippen MR) is 123 cm³/mol. The Kier molecular flexibility index (Phi) is 9.62. The summed E-state index contributed by atoms with van der Waals surface area (Å²) in [6.07, 6.45) is 6.14. The molecule has 0 bridgehead atoms. The van der Waals surface area contributed by atoms with Gasteiger partial charge >= 0.3 is 0 Å². The van der Waals surface area contributed by atoms with Crippen molar-refractivity contribution in [3.8, 4) is 0 Å². The second-order valence-electron chi connectivity index (χ2n) is 8.24. The van der Waals surface area contributed by atoms with E-state index in [-0.39, 0.29) is 12.0 Å². The van der Waals surface area contributed by atoms with Gasteiger partial charge in [-0.05, 0) is 63.6 Å². The van der Waals surface area contributed by atoms with Crippen LogP contribution in [0.4, 0.5) is 0 Å². The summed E-state index contributed by atoms with van der Waals surface area (Å²) in [5, 5.41) is 6.26. The summed E-state index contributed by atoms with van der Waals surface area (Å²) >= 11 is 0. The predicted octanol–water partition coefficient (Wildman–Crippen LogP) is 2.95. The number of nitrogens with one attached hydrogen (secondary N) is 2. The number of carbonyl (C=O) groups is 1. The van der Waals surface area contributed by atoms with Crippen molar-refractivity contribution in [3.05, 3.63) is 35.4 Å². The fourth-order valence-electron chi connectivity index (χ4n) is 4.08. The van der Waals surface area contributed by atoms with E-state index in [4.69, 9.17) is 14.5 Å². The molecule has 31 heavy (non-hydrogen) atoms. The lowest BCUT2D eigenvalue weighted by molar-refractivity contribution is -0.0721. The zero-order valence-corrected chi connectivity index (χ0v) is 19.1. The number of likely N-dealkylation sites (tertiary alicyclic amines) is 1. The molecule has 2 saturated heterocycles. The lowest BCUT2D eigenvalue weighted by atomic mass is 10.1. The molecule has 0 radical (unpaired) electrons. The SMILES string of the molecule is CCNC(=O)c1cccc(CN=C(NCC)N2CCC(OCC3CCCCO3)CC2)c1. The number of carbonyl (C=O) groups excluding carboxylic acids is 1. The molecule has 1 unspecified atom stereocenters. The molecule has 3 rings (SSSR count). The quantitative estimate of drug-likeness (QED) is 0.490. The highest BCUT2D eigenvalue weighted by atomic mass is 16.5. The number of aliphatic imine (C=N–C) groups is 1. The summed E-state index contributed by atoms with van der Waals surface area (Å²) < 4.78 is 11.9. The summed E-state index contributed by atoms with van der Waals surface area (Å²) in [7, 11) is 0. The van der Waals surface area contributed by atoms with Crippen LogP contribution in [0.25, 0.3) is 0 Å². The van der Waals surface area contributed by atoms with Crippen LogP contribution in [-0.4, -0.2) is 68.4 Å². The van der Waals surface area contributed by atoms with Crippen molar-refractivity contribution in [2.45, 2.75) is 64.7 Å². The summed E-state index contributed by atoms with van der Waals surface area (Å²) in [4.78, 5) is 19.2. The average molecular weight is 431 g/mol. The minimum absolute atomic E-state index is 0.0408. The molecule has 7 nitrogen and oxygen atoms in total. The highest BCUT2D eigenvalue weighted by molar-refractivity contribution is 5.94. The number of hydrogen-bond donors (Lipinski definition) is 2. The van der Waals surface area contributed by atoms with Gasteiger partial charge in [0.05, 0.1) is 25.4 Å². The third-order valence-electron chi connectivity index (χ3n) is 5.81. The monoisotopic (exact) mass is 430 g/mol. The Morgan fingerprint density at radius 2 is 1.97 bits per heavy atom. The molecular weight excluding hydrogens is 392 g/mol. The van der Waals surface area contributed by atoms with Gasteiger partial charge in [0.25, 0.3) is 5.91 Å². The van der Waals surface area contributed by atoms with Crippen LogP contribution in [-0.2, 0) is 16.0 Å². The number of ether oxygens (including phenoxy) is 2. The van der Waals surface area contributed by atoms with Gasteiger partial charge in [0.2, 0.25) is 0 Å². The van der Waals surface area contributed by atoms with E-state index in [2.05, 4.69) is 22.5 Å². The van der Waals surface area contributed by atoms with Gasteiger partial charge in [-0.15, -0.1) is 0 Å². The second kappa shape index (κ2) is 12.7. The molecular formula is C24H38N4O3. The van der Waals surface area contributed by atoms with Crippen molar-refractivity contribution >= 4 is 11.9 Å². The number of hydrogen-bond acceptors (Lipinski definition) is 4. The van der Waals surface area contributed by atoms with Crippen molar-refractivity contribution in [1.29, 1.82) is 0 Å². The molecule has 0 spiro atoms. The molecule has 1 amide bonds. The fourth-order valence-corrected chi connectivity index (χ4v) is 4.08. The number of rotatable bonds is 8. The number of nitrogens with zero attached hydrogens (tertiary/aromatic N) is 2. The van der Waals surface area contributed by atoms with Gasteiger partial charge < -0.3 is 25.0 Å². The lowest BCUT2D eigenvalue weighted by Gasteiger charge is -2.35. The van der Waals surface area contributed by atoms with Gasteiger partial charge in [-0.25, -0.2) is 4.99 Å².